The number of likely N-dealkylation sites (tertiary alicyclic amines) is 1. The van der Waals surface area contributed by atoms with E-state index in [4.69, 9.17) is 0 Å². The van der Waals surface area contributed by atoms with Gasteiger partial charge in [-0.15, -0.1) is 0 Å². The van der Waals surface area contributed by atoms with E-state index in [0.29, 0.717) is 5.92 Å². The molecule has 1 spiro atoms. The van der Waals surface area contributed by atoms with Gasteiger partial charge in [-0.05, 0) is 91.5 Å². The molecule has 0 radical (unpaired) electrons. The maximum absolute atomic E-state index is 9.50. The smallest absolute Gasteiger partial charge is 0.122 e. The van der Waals surface area contributed by atoms with Gasteiger partial charge in [-0.2, -0.15) is 5.10 Å². The normalized spacial score (nSPS) is 20.6. The van der Waals surface area contributed by atoms with E-state index in [1.54, 1.807) is 5.56 Å². The first-order valence-corrected chi connectivity index (χ1v) is 13.6. The Balaban J connectivity index is 0.000000499. The third-order valence-corrected chi connectivity index (χ3v) is 8.37. The van der Waals surface area contributed by atoms with Gasteiger partial charge < -0.3 is 4.79 Å². The lowest BCUT2D eigenvalue weighted by Gasteiger charge is -2.54. The molecule has 2 aliphatic carbocycles. The van der Waals surface area contributed by atoms with Gasteiger partial charge in [-0.1, -0.05) is 58.4 Å². The largest absolute Gasteiger partial charge is 0.303 e. The number of aldehydes is 1. The van der Waals surface area contributed by atoms with Gasteiger partial charge in [-0.3, -0.25) is 9.58 Å². The van der Waals surface area contributed by atoms with E-state index in [2.05, 4.69) is 59.0 Å². The Morgan fingerprint density at radius 1 is 1.06 bits per heavy atom. The van der Waals surface area contributed by atoms with Crippen molar-refractivity contribution in [1.29, 1.82) is 0 Å². The average Bonchev–Trinajstić information content (AvgIpc) is 3.24. The highest BCUT2D eigenvalue weighted by atomic mass is 16.1. The molecule has 2 aromatic rings. The van der Waals surface area contributed by atoms with Crippen LogP contribution in [0.5, 0.6) is 0 Å². The number of piperidine rings is 1. The Morgan fingerprint density at radius 2 is 1.71 bits per heavy atom. The highest BCUT2D eigenvalue weighted by molar-refractivity contribution is 5.51. The molecule has 1 aliphatic heterocycles. The lowest BCUT2D eigenvalue weighted by atomic mass is 9.51. The molecule has 0 atom stereocenters. The zero-order valence-electron chi connectivity index (χ0n) is 21.9. The van der Waals surface area contributed by atoms with Crippen molar-refractivity contribution in [3.8, 4) is 0 Å². The number of carbonyl (C=O) groups is 1. The molecule has 186 valence electrons. The zero-order chi connectivity index (χ0) is 24.1. The Bertz CT molecular complexity index is 893. The number of hydrogen-bond donors (Lipinski definition) is 0. The van der Waals surface area contributed by atoms with Crippen molar-refractivity contribution in [2.24, 2.45) is 17.3 Å². The van der Waals surface area contributed by atoms with Crippen LogP contribution in [0.3, 0.4) is 0 Å². The summed E-state index contributed by atoms with van der Waals surface area (Å²) in [5.74, 6) is 2.39. The fourth-order valence-electron chi connectivity index (χ4n) is 5.83. The van der Waals surface area contributed by atoms with Crippen molar-refractivity contribution in [3.63, 3.8) is 0 Å². The molecule has 1 saturated heterocycles. The second-order valence-electron chi connectivity index (χ2n) is 12.0. The molecule has 0 unspecified atom stereocenters. The van der Waals surface area contributed by atoms with E-state index in [9.17, 15) is 4.79 Å². The number of carbonyl (C=O) groups excluding carboxylic acids is 1. The minimum atomic E-state index is 0.204. The molecule has 34 heavy (non-hydrogen) atoms. The van der Waals surface area contributed by atoms with E-state index in [1.165, 1.54) is 69.2 Å². The number of aromatic nitrogens is 2. The predicted octanol–water partition coefficient (Wildman–Crippen LogP) is 6.81. The van der Waals surface area contributed by atoms with Crippen molar-refractivity contribution in [2.75, 3.05) is 13.1 Å². The Kier molecular flexibility index (Phi) is 8.29. The van der Waals surface area contributed by atoms with E-state index >= 15 is 0 Å². The molecule has 0 bridgehead atoms. The summed E-state index contributed by atoms with van der Waals surface area (Å²) < 4.78 is 2.17. The fraction of sp³-hybridized carbons (Fsp3) is 0.667. The third kappa shape index (κ3) is 6.38. The summed E-state index contributed by atoms with van der Waals surface area (Å²) in [6, 6.07) is 9.62. The summed E-state index contributed by atoms with van der Waals surface area (Å²) >= 11 is 0. The second-order valence-corrected chi connectivity index (χ2v) is 12.0. The standard InChI is InChI=1S/C26H37N3.C4H8O/c1-20(2)25-16-27-29(19-25)18-22-8-12-28(13-9-22)17-21-4-6-23(7-5-21)24-14-26(15-24)10-3-11-26;1-4(2)3-5/h4-7,16,19-20,22,24H,3,8-15,17-18H2,1-2H3;3-4H,1-2H3. The molecule has 4 nitrogen and oxygen atoms in total. The lowest BCUT2D eigenvalue weighted by molar-refractivity contribution is -0.110. The molecule has 3 fully saturated rings. The zero-order valence-corrected chi connectivity index (χ0v) is 21.9. The minimum absolute atomic E-state index is 0.204. The van der Waals surface area contributed by atoms with Crippen molar-refractivity contribution in [2.45, 2.75) is 97.6 Å². The topological polar surface area (TPSA) is 38.1 Å². The average molecular weight is 464 g/mol. The molecule has 0 N–H and O–H groups in total. The van der Waals surface area contributed by atoms with Gasteiger partial charge >= 0.3 is 0 Å². The van der Waals surface area contributed by atoms with Gasteiger partial charge in [0.1, 0.15) is 6.29 Å². The van der Waals surface area contributed by atoms with Gasteiger partial charge in [0.2, 0.25) is 0 Å². The quantitative estimate of drug-likeness (QED) is 0.423. The van der Waals surface area contributed by atoms with Gasteiger partial charge in [0, 0.05) is 25.2 Å². The number of nitrogens with zero attached hydrogens (tertiary/aromatic N) is 3. The van der Waals surface area contributed by atoms with Crippen LogP contribution >= 0.6 is 0 Å². The monoisotopic (exact) mass is 463 g/mol. The van der Waals surface area contributed by atoms with Crippen molar-refractivity contribution in [3.05, 3.63) is 53.3 Å². The molecule has 5 rings (SSSR count). The summed E-state index contributed by atoms with van der Waals surface area (Å²) in [5, 5.41) is 4.57. The Morgan fingerprint density at radius 3 is 2.21 bits per heavy atom. The van der Waals surface area contributed by atoms with E-state index in [1.807, 2.05) is 20.0 Å². The van der Waals surface area contributed by atoms with Crippen LogP contribution < -0.4 is 0 Å². The van der Waals surface area contributed by atoms with Crippen LogP contribution in [0.2, 0.25) is 0 Å². The molecule has 2 heterocycles. The van der Waals surface area contributed by atoms with E-state index < -0.39 is 0 Å². The molecule has 1 aromatic carbocycles. The lowest BCUT2D eigenvalue weighted by Crippen LogP contribution is -2.41. The summed E-state index contributed by atoms with van der Waals surface area (Å²) in [7, 11) is 0. The van der Waals surface area contributed by atoms with Crippen LogP contribution in [0.15, 0.2) is 36.7 Å². The van der Waals surface area contributed by atoms with Crippen LogP contribution in [-0.4, -0.2) is 34.1 Å². The molecule has 2 saturated carbocycles. The summed E-state index contributed by atoms with van der Waals surface area (Å²) in [5.41, 5.74) is 5.21. The van der Waals surface area contributed by atoms with Gasteiger partial charge in [-0.25, -0.2) is 0 Å². The van der Waals surface area contributed by atoms with Crippen molar-refractivity contribution >= 4 is 6.29 Å². The maximum Gasteiger partial charge on any atom is 0.122 e. The molecule has 4 heteroatoms. The molecule has 3 aliphatic rings. The molecule has 1 aromatic heterocycles. The SMILES string of the molecule is CC(C)C=O.CC(C)c1cnn(CC2CCN(Cc3ccc(C4CC5(CCC5)C4)cc3)CC2)c1. The summed E-state index contributed by atoms with van der Waals surface area (Å²) in [4.78, 5) is 12.1. The predicted molar refractivity (Wildman–Crippen MR) is 140 cm³/mol. The maximum atomic E-state index is 9.50. The number of hydrogen-bond acceptors (Lipinski definition) is 3. The van der Waals surface area contributed by atoms with Gasteiger partial charge in [0.05, 0.1) is 6.20 Å². The first-order chi connectivity index (χ1) is 16.4. The highest BCUT2D eigenvalue weighted by Crippen LogP contribution is 2.61. The Hall–Kier alpha value is -1.94. The van der Waals surface area contributed by atoms with E-state index in [0.717, 1.165) is 36.6 Å². The third-order valence-electron chi connectivity index (χ3n) is 8.37. The first-order valence-electron chi connectivity index (χ1n) is 13.6. The first kappa shape index (κ1) is 25.2. The van der Waals surface area contributed by atoms with Crippen LogP contribution in [0.4, 0.5) is 0 Å². The van der Waals surface area contributed by atoms with Crippen LogP contribution in [0.25, 0.3) is 0 Å². The van der Waals surface area contributed by atoms with Gasteiger partial charge in [0.15, 0.2) is 0 Å². The second kappa shape index (κ2) is 11.2. The Labute approximate surface area is 207 Å². The van der Waals surface area contributed by atoms with Crippen LogP contribution in [0, 0.1) is 17.3 Å². The summed E-state index contributed by atoms with van der Waals surface area (Å²) in [6.07, 6.45) is 15.2. The number of rotatable bonds is 7. The van der Waals surface area contributed by atoms with Crippen molar-refractivity contribution < 1.29 is 4.79 Å². The minimum Gasteiger partial charge on any atom is -0.303 e. The van der Waals surface area contributed by atoms with Crippen molar-refractivity contribution in [1.82, 2.24) is 14.7 Å². The fourth-order valence-corrected chi connectivity index (χ4v) is 5.83. The van der Waals surface area contributed by atoms with Gasteiger partial charge in [0.25, 0.3) is 0 Å². The molecular weight excluding hydrogens is 418 g/mol. The van der Waals surface area contributed by atoms with Crippen LogP contribution in [-0.2, 0) is 17.9 Å². The molecular formula is C30H45N3O. The molecule has 0 amide bonds. The number of benzene rings is 1. The van der Waals surface area contributed by atoms with Crippen LogP contribution in [0.1, 0.15) is 101 Å². The summed E-state index contributed by atoms with van der Waals surface area (Å²) in [6.45, 7) is 12.8. The van der Waals surface area contributed by atoms with E-state index in [-0.39, 0.29) is 5.92 Å². The highest BCUT2D eigenvalue weighted by Gasteiger charge is 2.48.